The van der Waals surface area contributed by atoms with E-state index in [-0.39, 0.29) is 6.47 Å². The number of carboxylic acid groups (broad SMARTS) is 1. The van der Waals surface area contributed by atoms with Gasteiger partial charge in [-0.1, -0.05) is 87.6 Å². The second-order valence-corrected chi connectivity index (χ2v) is 5.40. The minimum atomic E-state index is -0.250. The summed E-state index contributed by atoms with van der Waals surface area (Å²) in [6.45, 7) is 13.2. The highest BCUT2D eigenvalue weighted by Gasteiger charge is 2.11. The highest BCUT2D eigenvalue weighted by molar-refractivity contribution is 5.32. The molecule has 1 N–H and O–H groups in total. The van der Waals surface area contributed by atoms with Crippen LogP contribution < -0.4 is 0 Å². The van der Waals surface area contributed by atoms with Crippen molar-refractivity contribution >= 4 is 6.47 Å². The zero-order valence-corrected chi connectivity index (χ0v) is 16.0. The topological polar surface area (TPSA) is 37.3 Å². The number of benzene rings is 1. The third kappa shape index (κ3) is 14.9. The Bertz CT molecular complexity index is 492. The molecule has 0 spiro atoms. The van der Waals surface area contributed by atoms with E-state index in [4.69, 9.17) is 9.90 Å². The van der Waals surface area contributed by atoms with E-state index in [0.29, 0.717) is 5.92 Å². The molecule has 0 aliphatic rings. The molecule has 1 aromatic rings. The van der Waals surface area contributed by atoms with Gasteiger partial charge in [0.05, 0.1) is 0 Å². The number of hydrogen-bond donors (Lipinski definition) is 1. The average Bonchev–Trinajstić information content (AvgIpc) is 2.61. The van der Waals surface area contributed by atoms with Gasteiger partial charge in [-0.15, -0.1) is 6.58 Å². The maximum absolute atomic E-state index is 8.36. The lowest BCUT2D eigenvalue weighted by Gasteiger charge is -2.18. The third-order valence-corrected chi connectivity index (χ3v) is 3.30. The molecule has 138 valence electrons. The van der Waals surface area contributed by atoms with Crippen LogP contribution in [0, 0.1) is 5.92 Å². The van der Waals surface area contributed by atoms with Crippen LogP contribution in [0.1, 0.15) is 45.6 Å². The fourth-order valence-electron chi connectivity index (χ4n) is 2.42. The minimum Gasteiger partial charge on any atom is -0.483 e. The molecule has 0 aromatic heterocycles. The lowest BCUT2D eigenvalue weighted by Crippen LogP contribution is -2.07. The molecule has 0 aliphatic carbocycles. The van der Waals surface area contributed by atoms with Gasteiger partial charge in [-0.25, -0.2) is 0 Å². The molecule has 1 rings (SSSR count). The van der Waals surface area contributed by atoms with Crippen molar-refractivity contribution in [3.8, 4) is 0 Å². The lowest BCUT2D eigenvalue weighted by molar-refractivity contribution is -0.122. The van der Waals surface area contributed by atoms with E-state index < -0.39 is 0 Å². The van der Waals surface area contributed by atoms with Crippen molar-refractivity contribution in [2.75, 3.05) is 0 Å². The van der Waals surface area contributed by atoms with Crippen LogP contribution in [-0.4, -0.2) is 11.6 Å². The second kappa shape index (κ2) is 19.7. The molecule has 0 saturated heterocycles. The van der Waals surface area contributed by atoms with Gasteiger partial charge in [-0.05, 0) is 43.2 Å². The summed E-state index contributed by atoms with van der Waals surface area (Å²) in [7, 11) is 0. The summed E-state index contributed by atoms with van der Waals surface area (Å²) < 4.78 is 0. The van der Waals surface area contributed by atoms with Gasteiger partial charge in [0.2, 0.25) is 0 Å². The average molecular weight is 343 g/mol. The first-order valence-electron chi connectivity index (χ1n) is 8.82. The van der Waals surface area contributed by atoms with Crippen LogP contribution >= 0.6 is 0 Å². The van der Waals surface area contributed by atoms with Crippen LogP contribution in [0.2, 0.25) is 0 Å². The van der Waals surface area contributed by atoms with Crippen molar-refractivity contribution < 1.29 is 9.90 Å². The van der Waals surface area contributed by atoms with Gasteiger partial charge in [0.15, 0.2) is 0 Å². The molecular weight excluding hydrogens is 308 g/mol. The van der Waals surface area contributed by atoms with E-state index in [9.17, 15) is 0 Å². The molecular formula is C23H34O2. The first-order valence-corrected chi connectivity index (χ1v) is 8.82. The van der Waals surface area contributed by atoms with E-state index >= 15 is 0 Å². The van der Waals surface area contributed by atoms with Gasteiger partial charge in [-0.3, -0.25) is 4.79 Å². The van der Waals surface area contributed by atoms with Crippen molar-refractivity contribution in [3.63, 3.8) is 0 Å². The lowest BCUT2D eigenvalue weighted by atomic mass is 9.87. The Labute approximate surface area is 154 Å². The smallest absolute Gasteiger partial charge is 0.290 e. The molecule has 2 heteroatoms. The van der Waals surface area contributed by atoms with Crippen LogP contribution in [0.15, 0.2) is 79.4 Å². The fourth-order valence-corrected chi connectivity index (χ4v) is 2.42. The maximum Gasteiger partial charge on any atom is 0.290 e. The Kier molecular flexibility index (Phi) is 19.6. The summed E-state index contributed by atoms with van der Waals surface area (Å²) in [6, 6.07) is 10.8. The Morgan fingerprint density at radius 2 is 1.76 bits per heavy atom. The van der Waals surface area contributed by atoms with Crippen LogP contribution in [-0.2, 0) is 11.2 Å². The molecule has 25 heavy (non-hydrogen) atoms. The predicted octanol–water partition coefficient (Wildman–Crippen LogP) is 6.62. The summed E-state index contributed by atoms with van der Waals surface area (Å²) in [6.07, 6.45) is 14.9. The van der Waals surface area contributed by atoms with Crippen molar-refractivity contribution in [1.29, 1.82) is 0 Å². The quantitative estimate of drug-likeness (QED) is 0.327. The van der Waals surface area contributed by atoms with Gasteiger partial charge < -0.3 is 5.11 Å². The molecule has 0 amide bonds. The molecule has 0 bridgehead atoms. The molecule has 0 saturated carbocycles. The SMILES string of the molecule is C=C/C=C\C(=C/CC)[C@@H](CCC)Cc1ccccc1.C=CC.O=CO. The van der Waals surface area contributed by atoms with E-state index in [1.54, 1.807) is 6.08 Å². The first-order chi connectivity index (χ1) is 12.1. The summed E-state index contributed by atoms with van der Waals surface area (Å²) in [5.41, 5.74) is 2.88. The summed E-state index contributed by atoms with van der Waals surface area (Å²) in [4.78, 5) is 8.36. The zero-order chi connectivity index (χ0) is 19.3. The number of hydrogen-bond acceptors (Lipinski definition) is 1. The Morgan fingerprint density at radius 1 is 1.20 bits per heavy atom. The van der Waals surface area contributed by atoms with Gasteiger partial charge in [0, 0.05) is 0 Å². The Hall–Kier alpha value is -2.35. The first kappa shape index (κ1) is 24.9. The minimum absolute atomic E-state index is 0.250. The fraction of sp³-hybridized carbons (Fsp3) is 0.348. The number of carbonyl (C=O) groups is 1. The number of rotatable bonds is 8. The highest BCUT2D eigenvalue weighted by atomic mass is 16.3. The molecule has 0 unspecified atom stereocenters. The van der Waals surface area contributed by atoms with Crippen molar-refractivity contribution in [2.45, 2.75) is 46.5 Å². The molecule has 0 heterocycles. The molecule has 0 aliphatic heterocycles. The van der Waals surface area contributed by atoms with Gasteiger partial charge in [-0.2, -0.15) is 0 Å². The van der Waals surface area contributed by atoms with E-state index in [0.717, 1.165) is 12.8 Å². The van der Waals surface area contributed by atoms with Gasteiger partial charge in [0.1, 0.15) is 0 Å². The van der Waals surface area contributed by atoms with Crippen molar-refractivity contribution in [2.24, 2.45) is 5.92 Å². The predicted molar refractivity (Wildman–Crippen MR) is 111 cm³/mol. The molecule has 1 aromatic carbocycles. The van der Waals surface area contributed by atoms with Crippen LogP contribution in [0.25, 0.3) is 0 Å². The van der Waals surface area contributed by atoms with E-state index in [2.05, 4.69) is 75.6 Å². The molecule has 0 radical (unpaired) electrons. The Morgan fingerprint density at radius 3 is 2.20 bits per heavy atom. The van der Waals surface area contributed by atoms with Crippen molar-refractivity contribution in [1.82, 2.24) is 0 Å². The number of allylic oxidation sites excluding steroid dienone is 6. The molecule has 2 nitrogen and oxygen atoms in total. The van der Waals surface area contributed by atoms with Crippen LogP contribution in [0.3, 0.4) is 0 Å². The standard InChI is InChI=1S/C19H26.C3H6.CH2O2/c1-4-7-15-18(11-5-2)19(12-6-3)16-17-13-9-8-10-14-17;1-3-2;2-1-3/h4,7-11,13-15,19H,1,5-6,12,16H2,2-3H3;3H,1H2,2H3;1H,(H,2,3)/b15-7-,18-11+;;/t19-;;/m0../s1. The highest BCUT2D eigenvalue weighted by Crippen LogP contribution is 2.24. The van der Waals surface area contributed by atoms with Crippen LogP contribution in [0.4, 0.5) is 0 Å². The third-order valence-electron chi connectivity index (χ3n) is 3.30. The van der Waals surface area contributed by atoms with Gasteiger partial charge in [0.25, 0.3) is 6.47 Å². The normalized spacial score (nSPS) is 11.4. The second-order valence-electron chi connectivity index (χ2n) is 5.40. The maximum atomic E-state index is 8.36. The van der Waals surface area contributed by atoms with Gasteiger partial charge >= 0.3 is 0 Å². The van der Waals surface area contributed by atoms with E-state index in [1.807, 2.05) is 13.0 Å². The zero-order valence-electron chi connectivity index (χ0n) is 16.0. The van der Waals surface area contributed by atoms with E-state index in [1.165, 1.54) is 24.0 Å². The molecule has 0 fully saturated rings. The molecule has 1 atom stereocenters. The largest absolute Gasteiger partial charge is 0.483 e. The van der Waals surface area contributed by atoms with Crippen LogP contribution in [0.5, 0.6) is 0 Å². The summed E-state index contributed by atoms with van der Waals surface area (Å²) in [5.74, 6) is 0.614. The monoisotopic (exact) mass is 342 g/mol. The Balaban J connectivity index is 0. The summed E-state index contributed by atoms with van der Waals surface area (Å²) in [5, 5.41) is 6.89. The summed E-state index contributed by atoms with van der Waals surface area (Å²) >= 11 is 0. The van der Waals surface area contributed by atoms with Crippen molar-refractivity contribution in [3.05, 3.63) is 85.0 Å².